The molecule has 0 saturated carbocycles. The third-order valence-electron chi connectivity index (χ3n) is 5.00. The predicted molar refractivity (Wildman–Crippen MR) is 90.9 cm³/mol. The molecule has 134 valence electrons. The minimum absolute atomic E-state index is 0.0514. The van der Waals surface area contributed by atoms with Crippen molar-refractivity contribution in [1.82, 2.24) is 4.90 Å². The van der Waals surface area contributed by atoms with Crippen LogP contribution in [0.15, 0.2) is 18.2 Å². The molecule has 0 aliphatic carbocycles. The molecule has 0 spiro atoms. The molecule has 2 N–H and O–H groups in total. The topological polar surface area (TPSA) is 95.9 Å². The lowest BCUT2D eigenvalue weighted by Gasteiger charge is -2.34. The highest BCUT2D eigenvalue weighted by molar-refractivity contribution is 6.03. The Labute approximate surface area is 146 Å². The zero-order chi connectivity index (χ0) is 18.1. The minimum Gasteiger partial charge on any atom is -0.481 e. The minimum atomic E-state index is -0.765. The first kappa shape index (κ1) is 17.4. The van der Waals surface area contributed by atoms with Crippen LogP contribution in [0.1, 0.15) is 37.0 Å². The van der Waals surface area contributed by atoms with Crippen molar-refractivity contribution in [2.75, 3.05) is 18.4 Å². The van der Waals surface area contributed by atoms with Crippen LogP contribution in [0.3, 0.4) is 0 Å². The van der Waals surface area contributed by atoms with Gasteiger partial charge in [0.2, 0.25) is 0 Å². The molecule has 2 atom stereocenters. The number of hydrogen-bond donors (Lipinski definition) is 2. The van der Waals surface area contributed by atoms with Crippen LogP contribution in [-0.4, -0.2) is 52.9 Å². The van der Waals surface area contributed by atoms with Gasteiger partial charge in [0.1, 0.15) is 5.75 Å². The molecular formula is C18H22N2O5. The molecule has 0 bridgehead atoms. The molecule has 7 nitrogen and oxygen atoms in total. The molecule has 2 heterocycles. The average Bonchev–Trinajstić information content (AvgIpc) is 2.61. The number of likely N-dealkylation sites (tertiary alicyclic amines) is 1. The Hall–Kier alpha value is -2.41. The van der Waals surface area contributed by atoms with Gasteiger partial charge in [-0.3, -0.25) is 19.3 Å². The number of rotatable bonds is 4. The van der Waals surface area contributed by atoms with E-state index in [0.29, 0.717) is 42.9 Å². The van der Waals surface area contributed by atoms with Crippen LogP contribution in [0.4, 0.5) is 5.69 Å². The second kappa shape index (κ2) is 6.84. The number of Topliss-reactive ketones (excluding diaryl/α,β-unsaturated/α-hetero) is 1. The van der Waals surface area contributed by atoms with Gasteiger partial charge in [0, 0.05) is 5.56 Å². The first-order valence-electron chi connectivity index (χ1n) is 8.49. The monoisotopic (exact) mass is 346 g/mol. The van der Waals surface area contributed by atoms with Crippen LogP contribution >= 0.6 is 0 Å². The molecule has 2 unspecified atom stereocenters. The van der Waals surface area contributed by atoms with Gasteiger partial charge < -0.3 is 15.2 Å². The van der Waals surface area contributed by atoms with Gasteiger partial charge in [0.05, 0.1) is 17.6 Å². The number of piperidine rings is 1. The largest absolute Gasteiger partial charge is 0.481 e. The highest BCUT2D eigenvalue weighted by Crippen LogP contribution is 2.31. The van der Waals surface area contributed by atoms with Crippen LogP contribution in [0.2, 0.25) is 0 Å². The Morgan fingerprint density at radius 1 is 1.32 bits per heavy atom. The maximum Gasteiger partial charge on any atom is 0.306 e. The van der Waals surface area contributed by atoms with Gasteiger partial charge in [-0.05, 0) is 58.0 Å². The van der Waals surface area contributed by atoms with Crippen LogP contribution in [0.5, 0.6) is 5.75 Å². The summed E-state index contributed by atoms with van der Waals surface area (Å²) in [6.45, 7) is 4.68. The number of carboxylic acids is 1. The van der Waals surface area contributed by atoms with E-state index < -0.39 is 12.1 Å². The molecule has 0 radical (unpaired) electrons. The number of hydrogen-bond acceptors (Lipinski definition) is 5. The number of carbonyl (C=O) groups excluding carboxylic acids is 2. The SMILES string of the molecule is CC1Oc2ccc(C(=O)C(C)N3CCC(C(=O)O)CC3)cc2NC1=O. The van der Waals surface area contributed by atoms with E-state index in [4.69, 9.17) is 9.84 Å². The van der Waals surface area contributed by atoms with Crippen molar-refractivity contribution >= 4 is 23.3 Å². The van der Waals surface area contributed by atoms with Gasteiger partial charge in [-0.15, -0.1) is 0 Å². The van der Waals surface area contributed by atoms with Crippen LogP contribution in [0, 0.1) is 5.92 Å². The van der Waals surface area contributed by atoms with Gasteiger partial charge in [0.15, 0.2) is 11.9 Å². The third kappa shape index (κ3) is 3.51. The van der Waals surface area contributed by atoms with Gasteiger partial charge in [-0.1, -0.05) is 0 Å². The van der Waals surface area contributed by atoms with E-state index in [1.807, 2.05) is 11.8 Å². The highest BCUT2D eigenvalue weighted by atomic mass is 16.5. The van der Waals surface area contributed by atoms with Crippen LogP contribution < -0.4 is 10.1 Å². The van der Waals surface area contributed by atoms with Crippen LogP contribution in [0.25, 0.3) is 0 Å². The first-order chi connectivity index (χ1) is 11.9. The van der Waals surface area contributed by atoms with Crippen molar-refractivity contribution in [2.24, 2.45) is 5.92 Å². The van der Waals surface area contributed by atoms with Gasteiger partial charge in [-0.25, -0.2) is 0 Å². The standard InChI is InChI=1S/C18H22N2O5/c1-10(20-7-5-12(6-8-20)18(23)24)16(21)13-3-4-15-14(9-13)19-17(22)11(2)25-15/h3-4,9-12H,5-8H2,1-2H3,(H,19,22)(H,23,24). The van der Waals surface area contributed by atoms with Crippen molar-refractivity contribution in [3.8, 4) is 5.75 Å². The van der Waals surface area contributed by atoms with Gasteiger partial charge in [0.25, 0.3) is 5.91 Å². The molecule has 2 aliphatic rings. The summed E-state index contributed by atoms with van der Waals surface area (Å²) < 4.78 is 5.50. The molecule has 2 aliphatic heterocycles. The third-order valence-corrected chi connectivity index (χ3v) is 5.00. The summed E-state index contributed by atoms with van der Waals surface area (Å²) >= 11 is 0. The number of fused-ring (bicyclic) bond motifs is 1. The number of benzene rings is 1. The molecule has 25 heavy (non-hydrogen) atoms. The summed E-state index contributed by atoms with van der Waals surface area (Å²) in [7, 11) is 0. The number of carbonyl (C=O) groups is 3. The second-order valence-corrected chi connectivity index (χ2v) is 6.65. The van der Waals surface area contributed by atoms with E-state index in [9.17, 15) is 14.4 Å². The fraction of sp³-hybridized carbons (Fsp3) is 0.500. The maximum absolute atomic E-state index is 12.8. The molecule has 1 fully saturated rings. The van der Waals surface area contributed by atoms with Crippen molar-refractivity contribution in [3.05, 3.63) is 23.8 Å². The molecule has 3 rings (SSSR count). The van der Waals surface area contributed by atoms with Crippen molar-refractivity contribution in [1.29, 1.82) is 0 Å². The summed E-state index contributed by atoms with van der Waals surface area (Å²) in [6.07, 6.45) is 0.557. The summed E-state index contributed by atoms with van der Waals surface area (Å²) in [6, 6.07) is 4.70. The predicted octanol–water partition coefficient (Wildman–Crippen LogP) is 1.77. The lowest BCUT2D eigenvalue weighted by Crippen LogP contribution is -2.45. The van der Waals surface area contributed by atoms with E-state index in [2.05, 4.69) is 5.32 Å². The van der Waals surface area contributed by atoms with Gasteiger partial charge >= 0.3 is 5.97 Å². The van der Waals surface area contributed by atoms with E-state index in [1.165, 1.54) is 0 Å². The Balaban J connectivity index is 1.70. The molecule has 7 heteroatoms. The molecule has 1 saturated heterocycles. The Bertz CT molecular complexity index is 709. The van der Waals surface area contributed by atoms with Crippen molar-refractivity contribution in [3.63, 3.8) is 0 Å². The number of carboxylic acid groups (broad SMARTS) is 1. The Kier molecular flexibility index (Phi) is 4.76. The number of anilines is 1. The first-order valence-corrected chi connectivity index (χ1v) is 8.49. The second-order valence-electron chi connectivity index (χ2n) is 6.65. The Morgan fingerprint density at radius 3 is 2.64 bits per heavy atom. The fourth-order valence-corrected chi connectivity index (χ4v) is 3.30. The number of aliphatic carboxylic acids is 1. The lowest BCUT2D eigenvalue weighted by molar-refractivity contribution is -0.143. The summed E-state index contributed by atoms with van der Waals surface area (Å²) in [4.78, 5) is 37.6. The Morgan fingerprint density at radius 2 is 2.00 bits per heavy atom. The lowest BCUT2D eigenvalue weighted by atomic mass is 9.94. The van der Waals surface area contributed by atoms with Crippen molar-refractivity contribution in [2.45, 2.75) is 38.8 Å². The number of nitrogens with zero attached hydrogens (tertiary/aromatic N) is 1. The summed E-state index contributed by atoms with van der Waals surface area (Å²) in [5, 5.41) is 11.8. The van der Waals surface area contributed by atoms with E-state index >= 15 is 0 Å². The smallest absolute Gasteiger partial charge is 0.306 e. The fourth-order valence-electron chi connectivity index (χ4n) is 3.30. The van der Waals surface area contributed by atoms with Gasteiger partial charge in [-0.2, -0.15) is 0 Å². The van der Waals surface area contributed by atoms with E-state index in [-0.39, 0.29) is 23.7 Å². The molecular weight excluding hydrogens is 324 g/mol. The molecule has 1 aromatic carbocycles. The zero-order valence-electron chi connectivity index (χ0n) is 14.3. The normalized spacial score (nSPS) is 22.5. The molecule has 0 aromatic heterocycles. The number of ether oxygens (including phenoxy) is 1. The van der Waals surface area contributed by atoms with Crippen LogP contribution in [-0.2, 0) is 9.59 Å². The van der Waals surface area contributed by atoms with Crippen molar-refractivity contribution < 1.29 is 24.2 Å². The van der Waals surface area contributed by atoms with E-state index in [0.717, 1.165) is 0 Å². The number of amides is 1. The maximum atomic E-state index is 12.8. The summed E-state index contributed by atoms with van der Waals surface area (Å²) in [5.74, 6) is -0.821. The summed E-state index contributed by atoms with van der Waals surface area (Å²) in [5.41, 5.74) is 1.01. The number of ketones is 1. The highest BCUT2D eigenvalue weighted by Gasteiger charge is 2.31. The zero-order valence-corrected chi connectivity index (χ0v) is 14.3. The number of nitrogens with one attached hydrogen (secondary N) is 1. The average molecular weight is 346 g/mol. The molecule has 1 aromatic rings. The van der Waals surface area contributed by atoms with E-state index in [1.54, 1.807) is 25.1 Å². The quantitative estimate of drug-likeness (QED) is 0.807. The molecule has 1 amide bonds.